The maximum absolute atomic E-state index is 12.6. The van der Waals surface area contributed by atoms with E-state index in [1.165, 1.54) is 16.7 Å². The normalized spacial score (nSPS) is 20.5. The lowest BCUT2D eigenvalue weighted by Crippen LogP contribution is -2.24. The molecule has 1 aliphatic carbocycles. The molecule has 0 saturated heterocycles. The lowest BCUT2D eigenvalue weighted by Gasteiger charge is -2.29. The zero-order valence-electron chi connectivity index (χ0n) is 18.2. The number of rotatable bonds is 5. The van der Waals surface area contributed by atoms with Gasteiger partial charge in [-0.25, -0.2) is 0 Å². The lowest BCUT2D eigenvalue weighted by atomic mass is 9.74. The Hall–Kier alpha value is -2.22. The molecule has 2 heteroatoms. The van der Waals surface area contributed by atoms with Crippen molar-refractivity contribution < 1.29 is 9.59 Å². The summed E-state index contributed by atoms with van der Waals surface area (Å²) in [6.07, 6.45) is 0.978. The van der Waals surface area contributed by atoms with Crippen LogP contribution in [0.1, 0.15) is 92.3 Å². The molecule has 0 N–H and O–H groups in total. The minimum absolute atomic E-state index is 0.00261. The largest absolute Gasteiger partial charge is 0.294 e. The highest BCUT2D eigenvalue weighted by molar-refractivity contribution is 5.98. The van der Waals surface area contributed by atoms with E-state index in [0.717, 1.165) is 17.5 Å². The average molecular weight is 377 g/mol. The van der Waals surface area contributed by atoms with Crippen LogP contribution in [-0.2, 0) is 10.8 Å². The highest BCUT2D eigenvalue weighted by Crippen LogP contribution is 2.53. The van der Waals surface area contributed by atoms with Crippen molar-refractivity contribution in [3.8, 4) is 0 Å². The van der Waals surface area contributed by atoms with E-state index >= 15 is 0 Å². The van der Waals surface area contributed by atoms with Crippen molar-refractivity contribution in [1.82, 2.24) is 0 Å². The van der Waals surface area contributed by atoms with Gasteiger partial charge in [0.2, 0.25) is 0 Å². The van der Waals surface area contributed by atoms with Gasteiger partial charge < -0.3 is 0 Å². The second-order valence-corrected chi connectivity index (χ2v) is 9.77. The predicted octanol–water partition coefficient (Wildman–Crippen LogP) is 6.35. The van der Waals surface area contributed by atoms with Crippen molar-refractivity contribution in [2.45, 2.75) is 65.7 Å². The van der Waals surface area contributed by atoms with Crippen LogP contribution in [-0.4, -0.2) is 11.6 Å². The van der Waals surface area contributed by atoms with E-state index in [9.17, 15) is 9.59 Å². The molecule has 2 nitrogen and oxygen atoms in total. The van der Waals surface area contributed by atoms with Gasteiger partial charge >= 0.3 is 0 Å². The Labute approximate surface area is 169 Å². The number of carbonyl (C=O) groups excluding carboxylic acids is 2. The van der Waals surface area contributed by atoms with Crippen molar-refractivity contribution in [2.75, 3.05) is 0 Å². The Kier molecular flexibility index (Phi) is 5.12. The van der Waals surface area contributed by atoms with Crippen LogP contribution in [0.5, 0.6) is 0 Å². The van der Waals surface area contributed by atoms with E-state index in [2.05, 4.69) is 45.0 Å². The Morgan fingerprint density at radius 3 is 1.79 bits per heavy atom. The molecule has 28 heavy (non-hydrogen) atoms. The molecule has 0 fully saturated rings. The number of hydrogen-bond donors (Lipinski definition) is 0. The molecule has 0 heterocycles. The lowest BCUT2D eigenvalue weighted by molar-refractivity contribution is 0.0932. The van der Waals surface area contributed by atoms with E-state index < -0.39 is 0 Å². The molecule has 2 aromatic carbocycles. The molecule has 2 aromatic rings. The molecule has 0 radical (unpaired) electrons. The highest BCUT2D eigenvalue weighted by atomic mass is 16.1. The van der Waals surface area contributed by atoms with E-state index in [1.807, 2.05) is 45.9 Å². The van der Waals surface area contributed by atoms with Gasteiger partial charge in [-0.1, -0.05) is 84.9 Å². The maximum Gasteiger partial charge on any atom is 0.165 e. The summed E-state index contributed by atoms with van der Waals surface area (Å²) in [5.41, 5.74) is 5.19. The standard InChI is InChI=1S/C26H32O2/c1-16(2)23(27)18-8-11-20(12-9-18)26(7)15-25(5,6)21-13-10-19(14-22(21)26)24(28)17(3)4/h8-14,16-17H,15H2,1-7H3. The molecule has 1 unspecified atom stereocenters. The number of fused-ring (bicyclic) bond motifs is 1. The van der Waals surface area contributed by atoms with Gasteiger partial charge in [-0.3, -0.25) is 9.59 Å². The van der Waals surface area contributed by atoms with Crippen molar-refractivity contribution in [3.63, 3.8) is 0 Å². The van der Waals surface area contributed by atoms with Crippen molar-refractivity contribution >= 4 is 11.6 Å². The molecule has 0 saturated carbocycles. The van der Waals surface area contributed by atoms with Crippen LogP contribution >= 0.6 is 0 Å². The van der Waals surface area contributed by atoms with Crippen molar-refractivity contribution in [3.05, 3.63) is 70.3 Å². The fourth-order valence-electron chi connectivity index (χ4n) is 4.75. The maximum atomic E-state index is 12.6. The minimum Gasteiger partial charge on any atom is -0.294 e. The Morgan fingerprint density at radius 1 is 0.750 bits per heavy atom. The van der Waals surface area contributed by atoms with Gasteiger partial charge in [0, 0.05) is 28.4 Å². The number of ketones is 2. The Morgan fingerprint density at radius 2 is 1.25 bits per heavy atom. The average Bonchev–Trinajstić information content (AvgIpc) is 2.86. The van der Waals surface area contributed by atoms with Crippen LogP contribution in [0.4, 0.5) is 0 Å². The van der Waals surface area contributed by atoms with E-state index in [0.29, 0.717) is 0 Å². The predicted molar refractivity (Wildman–Crippen MR) is 115 cm³/mol. The number of benzene rings is 2. The second-order valence-electron chi connectivity index (χ2n) is 9.77. The zero-order valence-corrected chi connectivity index (χ0v) is 18.2. The van der Waals surface area contributed by atoms with E-state index in [4.69, 9.17) is 0 Å². The summed E-state index contributed by atoms with van der Waals surface area (Å²) < 4.78 is 0. The van der Waals surface area contributed by atoms with Crippen LogP contribution < -0.4 is 0 Å². The van der Waals surface area contributed by atoms with E-state index in [1.54, 1.807) is 0 Å². The van der Waals surface area contributed by atoms with Crippen LogP contribution in [0.3, 0.4) is 0 Å². The Balaban J connectivity index is 2.09. The van der Waals surface area contributed by atoms with E-state index in [-0.39, 0.29) is 34.2 Å². The summed E-state index contributed by atoms with van der Waals surface area (Å²) in [6.45, 7) is 14.6. The van der Waals surface area contributed by atoms with Gasteiger partial charge in [0.15, 0.2) is 11.6 Å². The summed E-state index contributed by atoms with van der Waals surface area (Å²) in [4.78, 5) is 24.9. The molecule has 0 amide bonds. The first-order valence-corrected chi connectivity index (χ1v) is 10.3. The van der Waals surface area contributed by atoms with Gasteiger partial charge in [-0.15, -0.1) is 0 Å². The van der Waals surface area contributed by atoms with Crippen molar-refractivity contribution in [2.24, 2.45) is 11.8 Å². The number of carbonyl (C=O) groups is 2. The number of hydrogen-bond acceptors (Lipinski definition) is 2. The first-order chi connectivity index (χ1) is 13.0. The molecule has 0 bridgehead atoms. The first-order valence-electron chi connectivity index (χ1n) is 10.3. The third-order valence-corrected chi connectivity index (χ3v) is 6.28. The smallest absolute Gasteiger partial charge is 0.165 e. The SMILES string of the molecule is CC(C)C(=O)c1ccc(C2(C)CC(C)(C)c3ccc(C(=O)C(C)C)cc32)cc1. The summed E-state index contributed by atoms with van der Waals surface area (Å²) in [5.74, 6) is 0.346. The zero-order chi connectivity index (χ0) is 20.9. The number of Topliss-reactive ketones (excluding diaryl/α,β-unsaturated/α-hetero) is 2. The van der Waals surface area contributed by atoms with Crippen LogP contribution in [0.15, 0.2) is 42.5 Å². The fraction of sp³-hybridized carbons (Fsp3) is 0.462. The van der Waals surface area contributed by atoms with Crippen LogP contribution in [0.2, 0.25) is 0 Å². The van der Waals surface area contributed by atoms with Crippen molar-refractivity contribution in [1.29, 1.82) is 0 Å². The van der Waals surface area contributed by atoms with Gasteiger partial charge in [0.1, 0.15) is 0 Å². The molecule has 148 valence electrons. The van der Waals surface area contributed by atoms with Gasteiger partial charge in [-0.2, -0.15) is 0 Å². The molecule has 1 aliphatic rings. The van der Waals surface area contributed by atoms with Gasteiger partial charge in [0.05, 0.1) is 0 Å². The topological polar surface area (TPSA) is 34.1 Å². The molecule has 0 spiro atoms. The second kappa shape index (κ2) is 6.99. The molecular weight excluding hydrogens is 344 g/mol. The monoisotopic (exact) mass is 376 g/mol. The quantitative estimate of drug-likeness (QED) is 0.570. The molecule has 0 aliphatic heterocycles. The molecule has 0 aromatic heterocycles. The molecule has 3 rings (SSSR count). The molecule has 1 atom stereocenters. The summed E-state index contributed by atoms with van der Waals surface area (Å²) >= 11 is 0. The third-order valence-electron chi connectivity index (χ3n) is 6.28. The van der Waals surface area contributed by atoms with Crippen LogP contribution in [0, 0.1) is 11.8 Å². The molecular formula is C26H32O2. The van der Waals surface area contributed by atoms with Crippen LogP contribution in [0.25, 0.3) is 0 Å². The highest BCUT2D eigenvalue weighted by Gasteiger charge is 2.46. The Bertz CT molecular complexity index is 916. The minimum atomic E-state index is -0.175. The third kappa shape index (κ3) is 3.34. The van der Waals surface area contributed by atoms with Gasteiger partial charge in [0.25, 0.3) is 0 Å². The summed E-state index contributed by atoms with van der Waals surface area (Å²) in [6, 6.07) is 14.3. The summed E-state index contributed by atoms with van der Waals surface area (Å²) in [7, 11) is 0. The van der Waals surface area contributed by atoms with Gasteiger partial charge in [-0.05, 0) is 34.6 Å². The summed E-state index contributed by atoms with van der Waals surface area (Å²) in [5, 5.41) is 0. The fourth-order valence-corrected chi connectivity index (χ4v) is 4.75. The first kappa shape index (κ1) is 20.5.